The molecule has 0 radical (unpaired) electrons. The van der Waals surface area contributed by atoms with E-state index in [0.29, 0.717) is 16.4 Å². The van der Waals surface area contributed by atoms with Gasteiger partial charge in [-0.15, -0.1) is 0 Å². The Morgan fingerprint density at radius 3 is 2.40 bits per heavy atom. The van der Waals surface area contributed by atoms with Gasteiger partial charge in [0, 0.05) is 10.7 Å². The summed E-state index contributed by atoms with van der Waals surface area (Å²) in [6.07, 6.45) is 0. The molecule has 0 aliphatic rings. The molecule has 6 heteroatoms. The van der Waals surface area contributed by atoms with E-state index in [0.717, 1.165) is 11.1 Å². The lowest BCUT2D eigenvalue weighted by molar-refractivity contribution is 0.601. The summed E-state index contributed by atoms with van der Waals surface area (Å²) >= 11 is 5.89. The third-order valence-corrected chi connectivity index (χ3v) is 4.59. The zero-order valence-electron chi connectivity index (χ0n) is 11.1. The van der Waals surface area contributed by atoms with Gasteiger partial charge in [0.05, 0.1) is 10.6 Å². The van der Waals surface area contributed by atoms with Gasteiger partial charge < -0.3 is 5.73 Å². The number of aryl methyl sites for hydroxylation is 2. The van der Waals surface area contributed by atoms with Crippen molar-refractivity contribution in [2.75, 3.05) is 10.5 Å². The van der Waals surface area contributed by atoms with E-state index < -0.39 is 10.0 Å². The number of sulfonamides is 1. The first-order chi connectivity index (χ1) is 9.29. The Bertz CT molecular complexity index is 758. The highest BCUT2D eigenvalue weighted by Crippen LogP contribution is 2.24. The summed E-state index contributed by atoms with van der Waals surface area (Å²) in [6.45, 7) is 3.57. The summed E-state index contributed by atoms with van der Waals surface area (Å²) in [5, 5.41) is 0.474. The van der Waals surface area contributed by atoms with Crippen LogP contribution in [-0.4, -0.2) is 8.42 Å². The number of halogens is 1. The van der Waals surface area contributed by atoms with E-state index in [4.69, 9.17) is 17.3 Å². The molecule has 2 aromatic rings. The van der Waals surface area contributed by atoms with E-state index in [9.17, 15) is 8.42 Å². The van der Waals surface area contributed by atoms with Crippen LogP contribution >= 0.6 is 11.6 Å². The summed E-state index contributed by atoms with van der Waals surface area (Å²) in [5.41, 5.74) is 8.23. The number of benzene rings is 2. The van der Waals surface area contributed by atoms with Gasteiger partial charge in [-0.05, 0) is 55.3 Å². The van der Waals surface area contributed by atoms with E-state index in [2.05, 4.69) is 4.72 Å². The quantitative estimate of drug-likeness (QED) is 0.854. The molecule has 0 spiro atoms. The van der Waals surface area contributed by atoms with Gasteiger partial charge in [-0.25, -0.2) is 8.42 Å². The van der Waals surface area contributed by atoms with Crippen LogP contribution < -0.4 is 10.5 Å². The van der Waals surface area contributed by atoms with Crippen LogP contribution in [0.3, 0.4) is 0 Å². The molecule has 0 saturated heterocycles. The fraction of sp³-hybridized carbons (Fsp3) is 0.143. The van der Waals surface area contributed by atoms with Crippen molar-refractivity contribution in [2.24, 2.45) is 0 Å². The van der Waals surface area contributed by atoms with Crippen LogP contribution in [0, 0.1) is 13.8 Å². The summed E-state index contributed by atoms with van der Waals surface area (Å²) in [5.74, 6) is 0. The van der Waals surface area contributed by atoms with Crippen molar-refractivity contribution in [3.8, 4) is 0 Å². The van der Waals surface area contributed by atoms with Gasteiger partial charge in [0.1, 0.15) is 0 Å². The average Bonchev–Trinajstić information content (AvgIpc) is 2.36. The second-order valence-electron chi connectivity index (χ2n) is 4.58. The van der Waals surface area contributed by atoms with Gasteiger partial charge in [-0.2, -0.15) is 0 Å². The fourth-order valence-electron chi connectivity index (χ4n) is 1.72. The van der Waals surface area contributed by atoms with Gasteiger partial charge in [-0.3, -0.25) is 4.72 Å². The van der Waals surface area contributed by atoms with Crippen LogP contribution in [0.5, 0.6) is 0 Å². The van der Waals surface area contributed by atoms with Crippen LogP contribution in [0.4, 0.5) is 11.4 Å². The summed E-state index contributed by atoms with van der Waals surface area (Å²) < 4.78 is 27.2. The predicted octanol–water partition coefficient (Wildman–Crippen LogP) is 3.34. The van der Waals surface area contributed by atoms with Crippen molar-refractivity contribution in [3.63, 3.8) is 0 Å². The Labute approximate surface area is 123 Å². The normalized spacial score (nSPS) is 11.3. The van der Waals surface area contributed by atoms with Crippen molar-refractivity contribution in [3.05, 3.63) is 52.5 Å². The number of hydrogen-bond acceptors (Lipinski definition) is 3. The topological polar surface area (TPSA) is 72.2 Å². The van der Waals surface area contributed by atoms with Crippen LogP contribution in [0.2, 0.25) is 5.02 Å². The van der Waals surface area contributed by atoms with Crippen molar-refractivity contribution in [2.45, 2.75) is 18.7 Å². The number of nitrogen functional groups attached to an aromatic ring is 1. The Hall–Kier alpha value is -1.72. The maximum atomic E-state index is 12.3. The molecule has 0 saturated carbocycles. The van der Waals surface area contributed by atoms with Crippen molar-refractivity contribution in [1.82, 2.24) is 0 Å². The molecular formula is C14H15ClN2O2S. The van der Waals surface area contributed by atoms with Crippen LogP contribution in [0.25, 0.3) is 0 Å². The SMILES string of the molecule is Cc1cc(S(=O)(=O)Nc2cc(Cl)ccc2C)ccc1N. The highest BCUT2D eigenvalue weighted by atomic mass is 35.5. The zero-order valence-corrected chi connectivity index (χ0v) is 12.7. The minimum Gasteiger partial charge on any atom is -0.399 e. The summed E-state index contributed by atoms with van der Waals surface area (Å²) in [4.78, 5) is 0.170. The molecule has 3 N–H and O–H groups in total. The monoisotopic (exact) mass is 310 g/mol. The van der Waals surface area contributed by atoms with Crippen molar-refractivity contribution >= 4 is 33.0 Å². The van der Waals surface area contributed by atoms with E-state index in [1.54, 1.807) is 31.2 Å². The van der Waals surface area contributed by atoms with E-state index in [1.807, 2.05) is 6.92 Å². The minimum atomic E-state index is -3.66. The second kappa shape index (κ2) is 5.34. The predicted molar refractivity (Wildman–Crippen MR) is 82.6 cm³/mol. The number of hydrogen-bond donors (Lipinski definition) is 2. The standard InChI is InChI=1S/C14H15ClN2O2S/c1-9-3-4-11(15)8-14(9)17-20(18,19)12-5-6-13(16)10(2)7-12/h3-8,17H,16H2,1-2H3. The number of nitrogens with two attached hydrogens (primary N) is 1. The first-order valence-electron chi connectivity index (χ1n) is 5.95. The Morgan fingerprint density at radius 1 is 1.05 bits per heavy atom. The van der Waals surface area contributed by atoms with Crippen molar-refractivity contribution in [1.29, 1.82) is 0 Å². The molecule has 20 heavy (non-hydrogen) atoms. The van der Waals surface area contributed by atoms with Crippen LogP contribution in [-0.2, 0) is 10.0 Å². The lowest BCUT2D eigenvalue weighted by atomic mass is 10.2. The zero-order chi connectivity index (χ0) is 14.9. The third-order valence-electron chi connectivity index (χ3n) is 3.00. The van der Waals surface area contributed by atoms with Gasteiger partial charge in [-0.1, -0.05) is 17.7 Å². The highest BCUT2D eigenvalue weighted by Gasteiger charge is 2.16. The molecule has 0 atom stereocenters. The lowest BCUT2D eigenvalue weighted by Gasteiger charge is -2.12. The number of rotatable bonds is 3. The van der Waals surface area contributed by atoms with Crippen LogP contribution in [0.15, 0.2) is 41.3 Å². The maximum Gasteiger partial charge on any atom is 0.261 e. The average molecular weight is 311 g/mol. The number of nitrogens with one attached hydrogen (secondary N) is 1. The largest absolute Gasteiger partial charge is 0.399 e. The molecule has 4 nitrogen and oxygen atoms in total. The molecule has 2 aromatic carbocycles. The fourth-order valence-corrected chi connectivity index (χ4v) is 3.10. The molecule has 0 bridgehead atoms. The molecule has 0 amide bonds. The maximum absolute atomic E-state index is 12.3. The Balaban J connectivity index is 2.40. The highest BCUT2D eigenvalue weighted by molar-refractivity contribution is 7.92. The lowest BCUT2D eigenvalue weighted by Crippen LogP contribution is -2.14. The van der Waals surface area contributed by atoms with Gasteiger partial charge >= 0.3 is 0 Å². The summed E-state index contributed by atoms with van der Waals surface area (Å²) in [6, 6.07) is 9.64. The first kappa shape index (κ1) is 14.7. The molecule has 0 fully saturated rings. The Morgan fingerprint density at radius 2 is 1.75 bits per heavy atom. The Kier molecular flexibility index (Phi) is 3.92. The first-order valence-corrected chi connectivity index (χ1v) is 7.81. The molecule has 0 aromatic heterocycles. The van der Waals surface area contributed by atoms with Gasteiger partial charge in [0.2, 0.25) is 0 Å². The third kappa shape index (κ3) is 3.05. The molecule has 0 unspecified atom stereocenters. The van der Waals surface area contributed by atoms with E-state index >= 15 is 0 Å². The van der Waals surface area contributed by atoms with E-state index in [1.165, 1.54) is 12.1 Å². The molecule has 0 heterocycles. The molecule has 106 valence electrons. The van der Waals surface area contributed by atoms with E-state index in [-0.39, 0.29) is 4.90 Å². The molecule has 2 rings (SSSR count). The minimum absolute atomic E-state index is 0.170. The van der Waals surface area contributed by atoms with Crippen molar-refractivity contribution < 1.29 is 8.42 Å². The van der Waals surface area contributed by atoms with Crippen LogP contribution in [0.1, 0.15) is 11.1 Å². The summed E-state index contributed by atoms with van der Waals surface area (Å²) in [7, 11) is -3.66. The molecule has 0 aliphatic carbocycles. The van der Waals surface area contributed by atoms with Gasteiger partial charge in [0.25, 0.3) is 10.0 Å². The molecular weight excluding hydrogens is 296 g/mol. The number of anilines is 2. The van der Waals surface area contributed by atoms with Gasteiger partial charge in [0.15, 0.2) is 0 Å². The second-order valence-corrected chi connectivity index (χ2v) is 6.70. The molecule has 0 aliphatic heterocycles. The smallest absolute Gasteiger partial charge is 0.261 e.